The zero-order chi connectivity index (χ0) is 25.1. The van der Waals surface area contributed by atoms with Crippen LogP contribution in [0.3, 0.4) is 0 Å². The van der Waals surface area contributed by atoms with Crippen molar-refractivity contribution in [2.24, 2.45) is 10.1 Å². The van der Waals surface area contributed by atoms with Gasteiger partial charge in [-0.25, -0.2) is 4.99 Å². The molecule has 0 bridgehead atoms. The van der Waals surface area contributed by atoms with E-state index in [1.165, 1.54) is 23.3 Å². The van der Waals surface area contributed by atoms with Gasteiger partial charge in [-0.05, 0) is 62.5 Å². The maximum absolute atomic E-state index is 12.9. The number of hydrogen-bond donors (Lipinski definition) is 2. The van der Waals surface area contributed by atoms with Crippen molar-refractivity contribution in [2.75, 3.05) is 13.2 Å². The van der Waals surface area contributed by atoms with Gasteiger partial charge in [0.1, 0.15) is 5.76 Å². The van der Waals surface area contributed by atoms with E-state index < -0.39 is 12.3 Å². The Morgan fingerprint density at radius 1 is 1.32 bits per heavy atom. The third-order valence-electron chi connectivity index (χ3n) is 5.08. The first-order valence-corrected chi connectivity index (χ1v) is 11.1. The zero-order valence-electron chi connectivity index (χ0n) is 19.7. The molecule has 1 aromatic carbocycles. The summed E-state index contributed by atoms with van der Waals surface area (Å²) in [6.07, 6.45) is 1.30. The Hall–Kier alpha value is -2.91. The average molecular weight is 480 g/mol. The van der Waals surface area contributed by atoms with Crippen LogP contribution < -0.4 is 5.32 Å². The van der Waals surface area contributed by atoms with Crippen LogP contribution in [0.2, 0.25) is 0 Å². The average Bonchev–Trinajstić information content (AvgIpc) is 3.18. The molecule has 1 aliphatic carbocycles. The highest BCUT2D eigenvalue weighted by Crippen LogP contribution is 2.33. The number of halogens is 3. The lowest BCUT2D eigenvalue weighted by atomic mass is 10.0. The van der Waals surface area contributed by atoms with E-state index in [0.29, 0.717) is 18.7 Å². The van der Waals surface area contributed by atoms with Crippen LogP contribution in [0.15, 0.2) is 64.0 Å². The van der Waals surface area contributed by atoms with E-state index in [1.54, 1.807) is 26.8 Å². The van der Waals surface area contributed by atoms with Gasteiger partial charge in [-0.1, -0.05) is 29.4 Å². The van der Waals surface area contributed by atoms with Crippen molar-refractivity contribution in [2.45, 2.75) is 58.5 Å². The lowest BCUT2D eigenvalue weighted by Crippen LogP contribution is -2.22. The quantitative estimate of drug-likeness (QED) is 0.151. The van der Waals surface area contributed by atoms with Crippen LogP contribution in [0.25, 0.3) is 0 Å². The minimum absolute atomic E-state index is 0.0762. The molecule has 1 atom stereocenters. The summed E-state index contributed by atoms with van der Waals surface area (Å²) in [5.74, 6) is -0.190. The Labute approximate surface area is 198 Å². The SMILES string of the molecule is C=NOC(=NCc1cccc2c1CCC2NCCO)C(/C=C\C(=C\C(F)(F)F)OC(C)C)=C/C. The van der Waals surface area contributed by atoms with Gasteiger partial charge < -0.3 is 20.0 Å². The molecule has 0 saturated carbocycles. The van der Waals surface area contributed by atoms with Gasteiger partial charge in [-0.15, -0.1) is 0 Å². The Morgan fingerprint density at radius 3 is 2.71 bits per heavy atom. The fraction of sp³-hybridized carbons (Fsp3) is 0.440. The van der Waals surface area contributed by atoms with Crippen molar-refractivity contribution in [3.05, 3.63) is 70.5 Å². The first kappa shape index (κ1) is 27.3. The number of rotatable bonds is 11. The van der Waals surface area contributed by atoms with Gasteiger partial charge in [-0.2, -0.15) is 13.2 Å². The molecular weight excluding hydrogens is 447 g/mol. The summed E-state index contributed by atoms with van der Waals surface area (Å²) >= 11 is 0. The summed E-state index contributed by atoms with van der Waals surface area (Å²) in [5, 5.41) is 15.9. The number of hydrogen-bond acceptors (Lipinski definition) is 6. The lowest BCUT2D eigenvalue weighted by Gasteiger charge is -2.14. The second-order valence-electron chi connectivity index (χ2n) is 7.93. The number of allylic oxidation sites excluding steroid dienone is 3. The van der Waals surface area contributed by atoms with Crippen LogP contribution >= 0.6 is 0 Å². The molecule has 0 aliphatic heterocycles. The zero-order valence-corrected chi connectivity index (χ0v) is 19.7. The minimum Gasteiger partial charge on any atom is -0.491 e. The third kappa shape index (κ3) is 8.46. The summed E-state index contributed by atoms with van der Waals surface area (Å²) in [5.41, 5.74) is 3.84. The minimum atomic E-state index is -4.52. The molecule has 0 fully saturated rings. The molecule has 186 valence electrons. The van der Waals surface area contributed by atoms with Gasteiger partial charge in [0.15, 0.2) is 0 Å². The number of nitrogens with one attached hydrogen (secondary N) is 1. The van der Waals surface area contributed by atoms with Crippen LogP contribution in [0, 0.1) is 0 Å². The summed E-state index contributed by atoms with van der Waals surface area (Å²) in [7, 11) is 0. The van der Waals surface area contributed by atoms with E-state index in [9.17, 15) is 13.2 Å². The molecule has 1 unspecified atom stereocenters. The maximum atomic E-state index is 12.9. The van der Waals surface area contributed by atoms with Crippen LogP contribution in [-0.2, 0) is 22.5 Å². The summed E-state index contributed by atoms with van der Waals surface area (Å²) in [6, 6.07) is 6.20. The van der Waals surface area contributed by atoms with Gasteiger partial charge in [-0.3, -0.25) is 0 Å². The molecule has 2 rings (SSSR count). The molecule has 0 radical (unpaired) electrons. The highest BCUT2D eigenvalue weighted by molar-refractivity contribution is 5.96. The van der Waals surface area contributed by atoms with E-state index in [2.05, 4.69) is 28.2 Å². The second kappa shape index (κ2) is 13.1. The normalized spacial score (nSPS) is 17.4. The van der Waals surface area contributed by atoms with E-state index >= 15 is 0 Å². The molecule has 1 aliphatic rings. The Balaban J connectivity index is 2.27. The summed E-state index contributed by atoms with van der Waals surface area (Å²) < 4.78 is 43.9. The Morgan fingerprint density at radius 2 is 2.09 bits per heavy atom. The smallest absolute Gasteiger partial charge is 0.413 e. The molecule has 1 aromatic rings. The highest BCUT2D eigenvalue weighted by Gasteiger charge is 2.25. The number of nitrogens with zero attached hydrogens (tertiary/aromatic N) is 2. The van der Waals surface area contributed by atoms with Crippen molar-refractivity contribution in [1.29, 1.82) is 0 Å². The largest absolute Gasteiger partial charge is 0.491 e. The molecule has 34 heavy (non-hydrogen) atoms. The number of benzene rings is 1. The standard InChI is InChI=1S/C25H32F3N3O3/c1-5-18(9-10-20(33-17(2)3)15-25(26,27)28)24(34-29-4)31-16-19-7-6-8-22-21(19)11-12-23(22)30-13-14-32/h5-10,15,17,23,30,32H,4,11-14,16H2,1-3H3/b10-9-,18-5+,20-15-,31-24?. The van der Waals surface area contributed by atoms with Gasteiger partial charge in [0.2, 0.25) is 0 Å². The topological polar surface area (TPSA) is 75.4 Å². The monoisotopic (exact) mass is 479 g/mol. The van der Waals surface area contributed by atoms with Gasteiger partial charge >= 0.3 is 6.18 Å². The molecule has 0 spiro atoms. The molecule has 0 saturated heterocycles. The second-order valence-corrected chi connectivity index (χ2v) is 7.93. The number of aliphatic imine (C=N–C) groups is 1. The predicted molar refractivity (Wildman–Crippen MR) is 128 cm³/mol. The van der Waals surface area contributed by atoms with Gasteiger partial charge in [0.05, 0.1) is 25.3 Å². The van der Waals surface area contributed by atoms with Crippen LogP contribution in [0.5, 0.6) is 0 Å². The van der Waals surface area contributed by atoms with E-state index in [-0.39, 0.29) is 30.4 Å². The number of aliphatic hydroxyl groups excluding tert-OH is 1. The highest BCUT2D eigenvalue weighted by atomic mass is 19.4. The lowest BCUT2D eigenvalue weighted by molar-refractivity contribution is -0.0829. The van der Waals surface area contributed by atoms with Crippen LogP contribution in [0.4, 0.5) is 13.2 Å². The van der Waals surface area contributed by atoms with Gasteiger partial charge in [0.25, 0.3) is 5.90 Å². The third-order valence-corrected chi connectivity index (χ3v) is 5.08. The maximum Gasteiger partial charge on any atom is 0.413 e. The van der Waals surface area contributed by atoms with E-state index in [1.807, 2.05) is 12.1 Å². The van der Waals surface area contributed by atoms with Crippen molar-refractivity contribution in [3.63, 3.8) is 0 Å². The predicted octanol–water partition coefficient (Wildman–Crippen LogP) is 5.16. The number of alkyl halides is 3. The molecule has 0 heterocycles. The fourth-order valence-electron chi connectivity index (χ4n) is 3.74. The van der Waals surface area contributed by atoms with Crippen LogP contribution in [-0.4, -0.2) is 43.2 Å². The van der Waals surface area contributed by atoms with Crippen molar-refractivity contribution < 1.29 is 27.9 Å². The summed E-state index contributed by atoms with van der Waals surface area (Å²) in [4.78, 5) is 9.78. The molecular formula is C25H32F3N3O3. The molecule has 9 heteroatoms. The first-order chi connectivity index (χ1) is 16.2. The summed E-state index contributed by atoms with van der Waals surface area (Å²) in [6.45, 7) is 9.25. The number of ether oxygens (including phenoxy) is 1. The number of aliphatic hydroxyl groups is 1. The first-order valence-electron chi connectivity index (χ1n) is 11.1. The van der Waals surface area contributed by atoms with Gasteiger partial charge in [0, 0.05) is 24.9 Å². The molecule has 0 amide bonds. The number of fused-ring (bicyclic) bond motifs is 1. The van der Waals surface area contributed by atoms with E-state index in [4.69, 9.17) is 14.7 Å². The molecule has 0 aromatic heterocycles. The Bertz CT molecular complexity index is 950. The fourth-order valence-corrected chi connectivity index (χ4v) is 3.74. The Kier molecular flexibility index (Phi) is 10.5. The molecule has 6 nitrogen and oxygen atoms in total. The van der Waals surface area contributed by atoms with Crippen LogP contribution in [0.1, 0.15) is 49.9 Å². The molecule has 2 N–H and O–H groups in total. The van der Waals surface area contributed by atoms with Crippen molar-refractivity contribution in [3.8, 4) is 0 Å². The number of oxime groups is 1. The van der Waals surface area contributed by atoms with E-state index in [0.717, 1.165) is 18.4 Å². The van der Waals surface area contributed by atoms with Crippen molar-refractivity contribution >= 4 is 12.6 Å². The van der Waals surface area contributed by atoms with Crippen molar-refractivity contribution in [1.82, 2.24) is 5.32 Å².